The standard InChI is InChI=1S/C24H27N3O4/c1-29-20-9-7-18(8-10-20)24-25-22(31-26-24)15-17-11-13-27(14-12-17)23(28)16-19-5-3-4-6-21(19)30-2/h3-10,17H,11-16H2,1-2H3. The number of likely N-dealkylation sites (tertiary alicyclic amines) is 1. The van der Waals surface area contributed by atoms with Gasteiger partial charge in [-0.1, -0.05) is 23.4 Å². The molecular weight excluding hydrogens is 394 g/mol. The van der Waals surface area contributed by atoms with E-state index >= 15 is 0 Å². The summed E-state index contributed by atoms with van der Waals surface area (Å²) < 4.78 is 16.0. The number of ether oxygens (including phenoxy) is 2. The third-order valence-corrected chi connectivity index (χ3v) is 5.78. The molecule has 1 fully saturated rings. The molecule has 0 N–H and O–H groups in total. The topological polar surface area (TPSA) is 77.7 Å². The first-order valence-corrected chi connectivity index (χ1v) is 10.5. The molecule has 0 spiro atoms. The van der Waals surface area contributed by atoms with E-state index in [1.165, 1.54) is 0 Å². The van der Waals surface area contributed by atoms with E-state index < -0.39 is 0 Å². The number of hydrogen-bond acceptors (Lipinski definition) is 6. The Morgan fingerprint density at radius 2 is 1.81 bits per heavy atom. The van der Waals surface area contributed by atoms with Gasteiger partial charge in [-0.2, -0.15) is 4.98 Å². The molecule has 0 saturated carbocycles. The summed E-state index contributed by atoms with van der Waals surface area (Å²) in [6, 6.07) is 15.3. The number of carbonyl (C=O) groups excluding carboxylic acids is 1. The third kappa shape index (κ3) is 5.05. The van der Waals surface area contributed by atoms with Gasteiger partial charge in [-0.3, -0.25) is 4.79 Å². The van der Waals surface area contributed by atoms with E-state index in [1.54, 1.807) is 14.2 Å². The maximum Gasteiger partial charge on any atom is 0.227 e. The lowest BCUT2D eigenvalue weighted by Gasteiger charge is -2.31. The number of piperidine rings is 1. The molecule has 0 aliphatic carbocycles. The molecule has 0 bridgehead atoms. The van der Waals surface area contributed by atoms with Gasteiger partial charge in [0, 0.05) is 30.6 Å². The van der Waals surface area contributed by atoms with Gasteiger partial charge >= 0.3 is 0 Å². The number of amides is 1. The fraction of sp³-hybridized carbons (Fsp3) is 0.375. The lowest BCUT2D eigenvalue weighted by atomic mass is 9.93. The van der Waals surface area contributed by atoms with Gasteiger partial charge in [0.2, 0.25) is 17.6 Å². The van der Waals surface area contributed by atoms with Crippen molar-refractivity contribution in [1.82, 2.24) is 15.0 Å². The zero-order valence-electron chi connectivity index (χ0n) is 17.9. The molecule has 3 aromatic rings. The fourth-order valence-electron chi connectivity index (χ4n) is 3.95. The molecule has 1 amide bonds. The molecule has 2 heterocycles. The van der Waals surface area contributed by atoms with Crippen molar-refractivity contribution in [3.05, 3.63) is 60.0 Å². The number of aromatic nitrogens is 2. The van der Waals surface area contributed by atoms with Crippen LogP contribution in [0.2, 0.25) is 0 Å². The first-order chi connectivity index (χ1) is 15.2. The van der Waals surface area contributed by atoms with E-state index in [-0.39, 0.29) is 5.91 Å². The van der Waals surface area contributed by atoms with Crippen molar-refractivity contribution in [3.8, 4) is 22.9 Å². The van der Waals surface area contributed by atoms with Crippen molar-refractivity contribution < 1.29 is 18.8 Å². The van der Waals surface area contributed by atoms with Crippen LogP contribution >= 0.6 is 0 Å². The van der Waals surface area contributed by atoms with Crippen LogP contribution in [0.25, 0.3) is 11.4 Å². The number of methoxy groups -OCH3 is 2. The van der Waals surface area contributed by atoms with Crippen LogP contribution in [0.5, 0.6) is 11.5 Å². The minimum Gasteiger partial charge on any atom is -0.497 e. The van der Waals surface area contributed by atoms with E-state index in [0.717, 1.165) is 55.0 Å². The molecule has 7 heteroatoms. The molecule has 2 aromatic carbocycles. The molecule has 1 aromatic heterocycles. The lowest BCUT2D eigenvalue weighted by Crippen LogP contribution is -2.39. The molecule has 0 radical (unpaired) electrons. The van der Waals surface area contributed by atoms with Gasteiger partial charge in [0.1, 0.15) is 11.5 Å². The highest BCUT2D eigenvalue weighted by Crippen LogP contribution is 2.25. The number of carbonyl (C=O) groups is 1. The second-order valence-electron chi connectivity index (χ2n) is 7.76. The van der Waals surface area contributed by atoms with E-state index in [9.17, 15) is 4.79 Å². The van der Waals surface area contributed by atoms with Crippen LogP contribution in [-0.2, 0) is 17.6 Å². The van der Waals surface area contributed by atoms with Crippen LogP contribution in [0.15, 0.2) is 53.1 Å². The van der Waals surface area contributed by atoms with Gasteiger partial charge < -0.3 is 18.9 Å². The van der Waals surface area contributed by atoms with Crippen molar-refractivity contribution in [2.75, 3.05) is 27.3 Å². The van der Waals surface area contributed by atoms with Gasteiger partial charge in [0.25, 0.3) is 0 Å². The average Bonchev–Trinajstić information content (AvgIpc) is 3.28. The summed E-state index contributed by atoms with van der Waals surface area (Å²) >= 11 is 0. The largest absolute Gasteiger partial charge is 0.497 e. The van der Waals surface area contributed by atoms with Gasteiger partial charge in [0.05, 0.1) is 20.6 Å². The van der Waals surface area contributed by atoms with Crippen LogP contribution in [0.4, 0.5) is 0 Å². The number of nitrogens with zero attached hydrogens (tertiary/aromatic N) is 3. The van der Waals surface area contributed by atoms with Crippen molar-refractivity contribution in [2.24, 2.45) is 5.92 Å². The number of rotatable bonds is 7. The van der Waals surface area contributed by atoms with E-state index in [2.05, 4.69) is 10.1 Å². The lowest BCUT2D eigenvalue weighted by molar-refractivity contribution is -0.131. The maximum absolute atomic E-state index is 12.7. The van der Waals surface area contributed by atoms with Gasteiger partial charge in [-0.15, -0.1) is 0 Å². The van der Waals surface area contributed by atoms with Crippen LogP contribution in [0, 0.1) is 5.92 Å². The summed E-state index contributed by atoms with van der Waals surface area (Å²) in [4.78, 5) is 19.2. The molecule has 7 nitrogen and oxygen atoms in total. The molecule has 1 saturated heterocycles. The molecule has 4 rings (SSSR count). The Morgan fingerprint density at radius 1 is 1.06 bits per heavy atom. The zero-order valence-corrected chi connectivity index (χ0v) is 17.9. The highest BCUT2D eigenvalue weighted by Gasteiger charge is 2.25. The van der Waals surface area contributed by atoms with E-state index in [4.69, 9.17) is 14.0 Å². The quantitative estimate of drug-likeness (QED) is 0.578. The summed E-state index contributed by atoms with van der Waals surface area (Å²) in [5, 5.41) is 4.11. The molecule has 31 heavy (non-hydrogen) atoms. The van der Waals surface area contributed by atoms with Crippen LogP contribution in [0.3, 0.4) is 0 Å². The smallest absolute Gasteiger partial charge is 0.227 e. The second-order valence-corrected chi connectivity index (χ2v) is 7.76. The number of para-hydroxylation sites is 1. The van der Waals surface area contributed by atoms with Crippen molar-refractivity contribution in [2.45, 2.75) is 25.7 Å². The van der Waals surface area contributed by atoms with Crippen molar-refractivity contribution >= 4 is 5.91 Å². The van der Waals surface area contributed by atoms with Crippen molar-refractivity contribution in [3.63, 3.8) is 0 Å². The summed E-state index contributed by atoms with van der Waals surface area (Å²) in [6.07, 6.45) is 2.96. The van der Waals surface area contributed by atoms with E-state index in [1.807, 2.05) is 53.4 Å². The maximum atomic E-state index is 12.7. The summed E-state index contributed by atoms with van der Waals surface area (Å²) in [6.45, 7) is 1.50. The Hall–Kier alpha value is -3.35. The second kappa shape index (κ2) is 9.64. The Balaban J connectivity index is 1.29. The van der Waals surface area contributed by atoms with Gasteiger partial charge in [-0.25, -0.2) is 0 Å². The van der Waals surface area contributed by atoms with Crippen molar-refractivity contribution in [1.29, 1.82) is 0 Å². The fourth-order valence-corrected chi connectivity index (χ4v) is 3.95. The first-order valence-electron chi connectivity index (χ1n) is 10.5. The number of hydrogen-bond donors (Lipinski definition) is 0. The Labute approximate surface area is 182 Å². The normalized spacial score (nSPS) is 14.5. The van der Waals surface area contributed by atoms with Gasteiger partial charge in [0.15, 0.2) is 0 Å². The molecule has 0 atom stereocenters. The Bertz CT molecular complexity index is 1010. The summed E-state index contributed by atoms with van der Waals surface area (Å²) in [7, 11) is 3.27. The van der Waals surface area contributed by atoms with E-state index in [0.29, 0.717) is 24.1 Å². The number of benzene rings is 2. The molecule has 1 aliphatic rings. The minimum absolute atomic E-state index is 0.141. The van der Waals surface area contributed by atoms with Crippen LogP contribution < -0.4 is 9.47 Å². The molecule has 1 aliphatic heterocycles. The van der Waals surface area contributed by atoms with Gasteiger partial charge in [-0.05, 0) is 49.1 Å². The Morgan fingerprint density at radius 3 is 2.52 bits per heavy atom. The minimum atomic E-state index is 0.141. The Kier molecular flexibility index (Phi) is 6.50. The SMILES string of the molecule is COc1ccc(-c2noc(CC3CCN(C(=O)Cc4ccccc4OC)CC3)n2)cc1. The predicted octanol–water partition coefficient (Wildman–Crippen LogP) is 3.78. The summed E-state index contributed by atoms with van der Waals surface area (Å²) in [5.74, 6) is 3.35. The highest BCUT2D eigenvalue weighted by molar-refractivity contribution is 5.79. The van der Waals surface area contributed by atoms with Crippen LogP contribution in [0.1, 0.15) is 24.3 Å². The summed E-state index contributed by atoms with van der Waals surface area (Å²) in [5.41, 5.74) is 1.82. The highest BCUT2D eigenvalue weighted by atomic mass is 16.5. The molecule has 0 unspecified atom stereocenters. The molecule has 162 valence electrons. The van der Waals surface area contributed by atoms with Crippen LogP contribution in [-0.4, -0.2) is 48.3 Å². The first kappa shape index (κ1) is 20.9. The predicted molar refractivity (Wildman–Crippen MR) is 116 cm³/mol. The average molecular weight is 421 g/mol. The third-order valence-electron chi connectivity index (χ3n) is 5.78. The molecular formula is C24H27N3O4. The zero-order chi connectivity index (χ0) is 21.6. The monoisotopic (exact) mass is 421 g/mol.